The molecule has 1 aromatic heterocycles. The summed E-state index contributed by atoms with van der Waals surface area (Å²) < 4.78 is 60.9. The number of amides is 1. The van der Waals surface area contributed by atoms with Crippen molar-refractivity contribution in [3.8, 4) is 5.88 Å². The molecule has 0 spiro atoms. The lowest BCUT2D eigenvalue weighted by Gasteiger charge is -2.41. The molecule has 0 unspecified atom stereocenters. The number of nitrogens with zero attached hydrogens (tertiary/aromatic N) is 3. The zero-order chi connectivity index (χ0) is 25.1. The second-order valence-corrected chi connectivity index (χ2v) is 9.79. The number of benzene rings is 1. The number of carbonyl (C=O) groups is 1. The highest BCUT2D eigenvalue weighted by molar-refractivity contribution is 8.15. The van der Waals surface area contributed by atoms with Gasteiger partial charge in [-0.05, 0) is 38.5 Å². The van der Waals surface area contributed by atoms with Crippen LogP contribution in [0, 0.1) is 5.82 Å². The highest BCUT2D eigenvalue weighted by Crippen LogP contribution is 2.46. The Morgan fingerprint density at radius 3 is 2.62 bits per heavy atom. The number of alkyl halides is 3. The number of hydrogen-bond donors (Lipinski definition) is 2. The highest BCUT2D eigenvalue weighted by Gasteiger charge is 2.43. The first-order chi connectivity index (χ1) is 15.8. The van der Waals surface area contributed by atoms with Gasteiger partial charge in [-0.3, -0.25) is 9.79 Å². The van der Waals surface area contributed by atoms with Crippen molar-refractivity contribution in [2.45, 2.75) is 36.7 Å². The van der Waals surface area contributed by atoms with Crippen molar-refractivity contribution in [2.75, 3.05) is 25.6 Å². The van der Waals surface area contributed by atoms with E-state index < -0.39 is 34.8 Å². The molecule has 13 heteroatoms. The van der Waals surface area contributed by atoms with E-state index in [1.165, 1.54) is 30.0 Å². The summed E-state index contributed by atoms with van der Waals surface area (Å²) in [5.41, 5.74) is 5.36. The molecular formula is C21H23F4N5O3S. The van der Waals surface area contributed by atoms with Crippen LogP contribution < -0.4 is 15.8 Å². The highest BCUT2D eigenvalue weighted by atomic mass is 32.2. The lowest BCUT2D eigenvalue weighted by Crippen LogP contribution is -2.43. The van der Waals surface area contributed by atoms with Crippen LogP contribution in [-0.4, -0.2) is 52.3 Å². The lowest BCUT2D eigenvalue weighted by atomic mass is 9.83. The van der Waals surface area contributed by atoms with Crippen LogP contribution in [0.3, 0.4) is 0 Å². The van der Waals surface area contributed by atoms with E-state index in [-0.39, 0.29) is 22.8 Å². The Labute approximate surface area is 197 Å². The Balaban J connectivity index is 1.79. The van der Waals surface area contributed by atoms with Crippen LogP contribution in [0.25, 0.3) is 0 Å². The van der Waals surface area contributed by atoms with Gasteiger partial charge in [0.1, 0.15) is 11.5 Å². The third-order valence-electron chi connectivity index (χ3n) is 4.92. The summed E-state index contributed by atoms with van der Waals surface area (Å²) in [6.45, 7) is 2.55. The molecule has 1 aliphatic rings. The molecule has 0 aliphatic carbocycles. The minimum Gasteiger partial charge on any atom is -0.467 e. The fourth-order valence-corrected chi connectivity index (χ4v) is 5.02. The van der Waals surface area contributed by atoms with Crippen LogP contribution in [0.15, 0.2) is 35.6 Å². The van der Waals surface area contributed by atoms with Crippen molar-refractivity contribution in [3.63, 3.8) is 0 Å². The number of ether oxygens (including phenoxy) is 2. The SMILES string of the molecule is COC[C@@]1(C)C[C@@](C)(c2cc(NC(=O)c3cnc(OCC(F)(F)F)cn3)ccc2F)N=C(N)S1. The van der Waals surface area contributed by atoms with Gasteiger partial charge in [0.05, 0.1) is 24.5 Å². The van der Waals surface area contributed by atoms with Crippen LogP contribution in [0.5, 0.6) is 5.88 Å². The van der Waals surface area contributed by atoms with E-state index in [0.29, 0.717) is 18.2 Å². The monoisotopic (exact) mass is 501 g/mol. The number of hydrogen-bond acceptors (Lipinski definition) is 8. The molecule has 1 aromatic carbocycles. The van der Waals surface area contributed by atoms with Gasteiger partial charge in [0, 0.05) is 23.1 Å². The van der Waals surface area contributed by atoms with E-state index in [1.54, 1.807) is 14.0 Å². The van der Waals surface area contributed by atoms with Gasteiger partial charge in [-0.25, -0.2) is 14.4 Å². The normalized spacial score (nSPS) is 22.7. The zero-order valence-corrected chi connectivity index (χ0v) is 19.4. The molecule has 1 amide bonds. The Kier molecular flexibility index (Phi) is 7.36. The van der Waals surface area contributed by atoms with Crippen LogP contribution in [0.2, 0.25) is 0 Å². The largest absolute Gasteiger partial charge is 0.467 e. The number of nitrogens with two attached hydrogens (primary N) is 1. The summed E-state index contributed by atoms with van der Waals surface area (Å²) in [5.74, 6) is -1.59. The maximum absolute atomic E-state index is 14.8. The molecule has 2 aromatic rings. The number of methoxy groups -OCH3 is 1. The Bertz CT molecular complexity index is 1080. The van der Waals surface area contributed by atoms with Gasteiger partial charge < -0.3 is 20.5 Å². The lowest BCUT2D eigenvalue weighted by molar-refractivity contribution is -0.154. The van der Waals surface area contributed by atoms with Gasteiger partial charge in [-0.2, -0.15) is 13.2 Å². The number of aliphatic imine (C=N–C) groups is 1. The summed E-state index contributed by atoms with van der Waals surface area (Å²) in [6, 6.07) is 4.03. The summed E-state index contributed by atoms with van der Waals surface area (Å²) in [4.78, 5) is 24.4. The van der Waals surface area contributed by atoms with Crippen LogP contribution in [-0.2, 0) is 10.3 Å². The number of anilines is 1. The Morgan fingerprint density at radius 2 is 2.00 bits per heavy atom. The van der Waals surface area contributed by atoms with E-state index in [0.717, 1.165) is 12.4 Å². The average molecular weight is 502 g/mol. The van der Waals surface area contributed by atoms with Crippen molar-refractivity contribution in [1.82, 2.24) is 9.97 Å². The third kappa shape index (κ3) is 6.35. The van der Waals surface area contributed by atoms with Gasteiger partial charge in [-0.15, -0.1) is 0 Å². The fourth-order valence-electron chi connectivity index (χ4n) is 3.74. The standard InChI is InChI=1S/C21H23F4N5O3S/c1-19(10-32-3)9-20(2,30-18(26)34-19)13-6-12(4-5-14(13)22)29-17(31)15-7-28-16(8-27-15)33-11-21(23,24)25/h4-8H,9-11H2,1-3H3,(H2,26,30)(H,29,31)/t19-,20+/m1/s1. The quantitative estimate of drug-likeness (QED) is 0.554. The summed E-state index contributed by atoms with van der Waals surface area (Å²) >= 11 is 1.36. The topological polar surface area (TPSA) is 112 Å². The number of amidine groups is 1. The molecule has 3 rings (SSSR count). The molecule has 0 saturated heterocycles. The average Bonchev–Trinajstić information content (AvgIpc) is 2.72. The Morgan fingerprint density at radius 1 is 1.26 bits per heavy atom. The van der Waals surface area contributed by atoms with Crippen molar-refractivity contribution in [2.24, 2.45) is 10.7 Å². The first kappa shape index (κ1) is 25.7. The smallest absolute Gasteiger partial charge is 0.422 e. The maximum atomic E-state index is 14.8. The molecular weight excluding hydrogens is 478 g/mol. The molecule has 0 radical (unpaired) electrons. The number of thioether (sulfide) groups is 1. The van der Waals surface area contributed by atoms with Gasteiger partial charge in [0.25, 0.3) is 5.91 Å². The van der Waals surface area contributed by atoms with E-state index in [4.69, 9.17) is 10.5 Å². The number of aromatic nitrogens is 2. The van der Waals surface area contributed by atoms with Crippen molar-refractivity contribution < 1.29 is 31.8 Å². The first-order valence-corrected chi connectivity index (χ1v) is 10.8. The molecule has 8 nitrogen and oxygen atoms in total. The minimum atomic E-state index is -4.53. The van der Waals surface area contributed by atoms with E-state index >= 15 is 0 Å². The third-order valence-corrected chi connectivity index (χ3v) is 5.98. The molecule has 2 heterocycles. The van der Waals surface area contributed by atoms with Crippen LogP contribution in [0.1, 0.15) is 36.3 Å². The Hall–Kier alpha value is -2.93. The van der Waals surface area contributed by atoms with Crippen molar-refractivity contribution >= 4 is 28.5 Å². The molecule has 0 saturated carbocycles. The predicted molar refractivity (Wildman–Crippen MR) is 119 cm³/mol. The number of rotatable bonds is 7. The molecule has 184 valence electrons. The predicted octanol–water partition coefficient (Wildman–Crippen LogP) is 3.88. The molecule has 0 bridgehead atoms. The van der Waals surface area contributed by atoms with Gasteiger partial charge in [0.15, 0.2) is 11.8 Å². The van der Waals surface area contributed by atoms with E-state index in [1.807, 2.05) is 6.92 Å². The number of halogens is 4. The molecule has 0 fully saturated rings. The second kappa shape index (κ2) is 9.74. The van der Waals surface area contributed by atoms with Crippen molar-refractivity contribution in [3.05, 3.63) is 47.7 Å². The summed E-state index contributed by atoms with van der Waals surface area (Å²) in [5, 5.41) is 2.87. The molecule has 2 atom stereocenters. The van der Waals surface area contributed by atoms with E-state index in [2.05, 4.69) is 25.0 Å². The van der Waals surface area contributed by atoms with Gasteiger partial charge in [-0.1, -0.05) is 11.8 Å². The van der Waals surface area contributed by atoms with Crippen LogP contribution in [0.4, 0.5) is 23.2 Å². The minimum absolute atomic E-state index is 0.166. The summed E-state index contributed by atoms with van der Waals surface area (Å²) in [7, 11) is 1.57. The summed E-state index contributed by atoms with van der Waals surface area (Å²) in [6.07, 6.45) is -2.21. The zero-order valence-electron chi connectivity index (χ0n) is 18.6. The van der Waals surface area contributed by atoms with Gasteiger partial charge >= 0.3 is 6.18 Å². The number of carbonyl (C=O) groups excluding carboxylic acids is 1. The fraction of sp³-hybridized carbons (Fsp3) is 0.429. The van der Waals surface area contributed by atoms with Crippen molar-refractivity contribution in [1.29, 1.82) is 0 Å². The molecule has 3 N–H and O–H groups in total. The maximum Gasteiger partial charge on any atom is 0.422 e. The van der Waals surface area contributed by atoms with Gasteiger partial charge in [0.2, 0.25) is 5.88 Å². The first-order valence-electron chi connectivity index (χ1n) is 9.99. The molecule has 1 aliphatic heterocycles. The second-order valence-electron chi connectivity index (χ2n) is 8.18. The van der Waals surface area contributed by atoms with Crippen LogP contribution >= 0.6 is 11.8 Å². The molecule has 34 heavy (non-hydrogen) atoms. The van der Waals surface area contributed by atoms with E-state index in [9.17, 15) is 22.4 Å². The number of nitrogens with one attached hydrogen (secondary N) is 1.